The summed E-state index contributed by atoms with van der Waals surface area (Å²) in [7, 11) is -3.50. The summed E-state index contributed by atoms with van der Waals surface area (Å²) in [6.45, 7) is -0.426. The zero-order chi connectivity index (χ0) is 13.1. The van der Waals surface area contributed by atoms with E-state index in [4.69, 9.17) is 5.11 Å². The monoisotopic (exact) mass is 255 g/mol. The maximum Gasteiger partial charge on any atom is 0.286 e. The minimum atomic E-state index is -3.50. The highest BCUT2D eigenvalue weighted by Gasteiger charge is 2.17. The normalized spacial score (nSPS) is 10.5. The molecule has 0 aromatic heterocycles. The van der Waals surface area contributed by atoms with Gasteiger partial charge in [0.1, 0.15) is 12.2 Å². The molecule has 0 spiro atoms. The van der Waals surface area contributed by atoms with Crippen LogP contribution in [0.1, 0.15) is 5.56 Å². The second kappa shape index (κ2) is 4.95. The van der Waals surface area contributed by atoms with Gasteiger partial charge in [0.25, 0.3) is 5.69 Å². The van der Waals surface area contributed by atoms with Crippen molar-refractivity contribution in [1.29, 1.82) is 0 Å². The summed E-state index contributed by atoms with van der Waals surface area (Å²) in [6.07, 6.45) is 0.963. The number of benzene rings is 1. The van der Waals surface area contributed by atoms with E-state index in [1.54, 1.807) is 0 Å². The first-order valence-electron chi connectivity index (χ1n) is 4.44. The van der Waals surface area contributed by atoms with Crippen molar-refractivity contribution in [1.82, 2.24) is 0 Å². The maximum absolute atomic E-state index is 11.2. The van der Waals surface area contributed by atoms with Crippen LogP contribution < -0.4 is 0 Å². The average Bonchev–Trinajstić information content (AvgIpc) is 2.24. The fraction of sp³-hybridized carbons (Fsp3) is 0.200. The Morgan fingerprint density at radius 2 is 2.12 bits per heavy atom. The van der Waals surface area contributed by atoms with E-state index in [1.807, 2.05) is 0 Å². The third-order valence-electron chi connectivity index (χ3n) is 1.90. The molecule has 0 saturated heterocycles. The summed E-state index contributed by atoms with van der Waals surface area (Å²) in [6, 6.07) is 3.44. The zero-order valence-corrected chi connectivity index (χ0v) is 9.69. The standard InChI is InChI=1S/C10H9NO5S/c1-17(15,16)9-5-4-8(3-2-6-12)10(7-9)11(13)14/h4-5,7,12H,6H2,1H3. The molecule has 1 rings (SSSR count). The minimum absolute atomic E-state index is 0.0662. The summed E-state index contributed by atoms with van der Waals surface area (Å²) in [4.78, 5) is 9.89. The maximum atomic E-state index is 11.2. The summed E-state index contributed by atoms with van der Waals surface area (Å²) in [5.41, 5.74) is -0.328. The number of rotatable bonds is 2. The van der Waals surface area contributed by atoms with Gasteiger partial charge in [-0.25, -0.2) is 8.42 Å². The van der Waals surface area contributed by atoms with Crippen molar-refractivity contribution in [2.75, 3.05) is 12.9 Å². The van der Waals surface area contributed by atoms with Gasteiger partial charge in [-0.15, -0.1) is 0 Å². The van der Waals surface area contributed by atoms with Crippen molar-refractivity contribution < 1.29 is 18.4 Å². The SMILES string of the molecule is CS(=O)(=O)c1ccc(C#CCO)c([N+](=O)[O-])c1. The molecule has 0 aliphatic rings. The smallest absolute Gasteiger partial charge is 0.286 e. The van der Waals surface area contributed by atoms with Crippen LogP contribution in [0.15, 0.2) is 23.1 Å². The Kier molecular flexibility index (Phi) is 3.83. The summed E-state index contributed by atoms with van der Waals surface area (Å²) < 4.78 is 22.5. The van der Waals surface area contributed by atoms with Crippen LogP contribution in [0.5, 0.6) is 0 Å². The molecule has 0 aliphatic heterocycles. The molecular formula is C10H9NO5S. The van der Waals surface area contributed by atoms with Gasteiger partial charge in [0.2, 0.25) is 0 Å². The van der Waals surface area contributed by atoms with Crippen molar-refractivity contribution >= 4 is 15.5 Å². The van der Waals surface area contributed by atoms with Crippen LogP contribution in [0.3, 0.4) is 0 Å². The highest BCUT2D eigenvalue weighted by Crippen LogP contribution is 2.22. The molecule has 1 aromatic carbocycles. The van der Waals surface area contributed by atoms with Gasteiger partial charge in [0.05, 0.1) is 9.82 Å². The van der Waals surface area contributed by atoms with Gasteiger partial charge in [0.15, 0.2) is 9.84 Å². The van der Waals surface area contributed by atoms with E-state index in [0.717, 1.165) is 12.3 Å². The van der Waals surface area contributed by atoms with E-state index in [1.165, 1.54) is 12.1 Å². The van der Waals surface area contributed by atoms with Gasteiger partial charge < -0.3 is 5.11 Å². The fourth-order valence-electron chi connectivity index (χ4n) is 1.13. The minimum Gasteiger partial charge on any atom is -0.384 e. The lowest BCUT2D eigenvalue weighted by Gasteiger charge is -2.00. The molecule has 6 nitrogen and oxygen atoms in total. The van der Waals surface area contributed by atoms with E-state index in [2.05, 4.69) is 11.8 Å². The van der Waals surface area contributed by atoms with Crippen LogP contribution >= 0.6 is 0 Å². The molecule has 1 N–H and O–H groups in total. The summed E-state index contributed by atoms with van der Waals surface area (Å²) >= 11 is 0. The molecule has 0 fully saturated rings. The molecule has 7 heteroatoms. The fourth-order valence-corrected chi connectivity index (χ4v) is 1.77. The Morgan fingerprint density at radius 3 is 2.59 bits per heavy atom. The lowest BCUT2D eigenvalue weighted by atomic mass is 10.2. The number of aliphatic hydroxyl groups is 1. The van der Waals surface area contributed by atoms with Crippen molar-refractivity contribution in [3.8, 4) is 11.8 Å². The quantitative estimate of drug-likeness (QED) is 0.467. The highest BCUT2D eigenvalue weighted by atomic mass is 32.2. The van der Waals surface area contributed by atoms with E-state index in [0.29, 0.717) is 0 Å². The van der Waals surface area contributed by atoms with Crippen LogP contribution in [0.4, 0.5) is 5.69 Å². The van der Waals surface area contributed by atoms with Gasteiger partial charge in [-0.05, 0) is 12.1 Å². The number of aliphatic hydroxyl groups excluding tert-OH is 1. The van der Waals surface area contributed by atoms with Crippen molar-refractivity contribution in [2.24, 2.45) is 0 Å². The van der Waals surface area contributed by atoms with Gasteiger partial charge in [0, 0.05) is 12.3 Å². The molecule has 0 aliphatic carbocycles. The van der Waals surface area contributed by atoms with Gasteiger partial charge in [-0.3, -0.25) is 10.1 Å². The number of nitro groups is 1. The average molecular weight is 255 g/mol. The first-order chi connectivity index (χ1) is 7.86. The summed E-state index contributed by atoms with van der Waals surface area (Å²) in [5.74, 6) is 4.66. The van der Waals surface area contributed by atoms with E-state index in [9.17, 15) is 18.5 Å². The molecular weight excluding hydrogens is 246 g/mol. The van der Waals surface area contributed by atoms with Crippen LogP contribution in [0, 0.1) is 22.0 Å². The third-order valence-corrected chi connectivity index (χ3v) is 3.01. The van der Waals surface area contributed by atoms with E-state index >= 15 is 0 Å². The predicted molar refractivity (Wildman–Crippen MR) is 60.2 cm³/mol. The first-order valence-corrected chi connectivity index (χ1v) is 6.33. The Hall–Kier alpha value is -1.91. The molecule has 0 unspecified atom stereocenters. The van der Waals surface area contributed by atoms with Gasteiger partial charge in [-0.1, -0.05) is 11.8 Å². The number of sulfone groups is 1. The molecule has 0 saturated carbocycles. The summed E-state index contributed by atoms with van der Waals surface area (Å²) in [5, 5.41) is 19.2. The lowest BCUT2D eigenvalue weighted by molar-refractivity contribution is -0.385. The second-order valence-corrected chi connectivity index (χ2v) is 5.18. The van der Waals surface area contributed by atoms with E-state index < -0.39 is 27.1 Å². The second-order valence-electron chi connectivity index (χ2n) is 3.17. The Morgan fingerprint density at radius 1 is 1.47 bits per heavy atom. The first kappa shape index (κ1) is 13.2. The van der Waals surface area contributed by atoms with Crippen molar-refractivity contribution in [3.05, 3.63) is 33.9 Å². The zero-order valence-electron chi connectivity index (χ0n) is 8.87. The lowest BCUT2D eigenvalue weighted by Crippen LogP contribution is -2.00. The largest absolute Gasteiger partial charge is 0.384 e. The number of hydrogen-bond acceptors (Lipinski definition) is 5. The molecule has 1 aromatic rings. The number of nitro benzene ring substituents is 1. The van der Waals surface area contributed by atoms with Crippen LogP contribution in [0.25, 0.3) is 0 Å². The molecule has 0 radical (unpaired) electrons. The van der Waals surface area contributed by atoms with Crippen molar-refractivity contribution in [3.63, 3.8) is 0 Å². The topological polar surface area (TPSA) is 97.5 Å². The Bertz CT molecular complexity index is 609. The predicted octanol–water partition coefficient (Wildman–Crippen LogP) is 0.342. The van der Waals surface area contributed by atoms with Crippen LogP contribution in [0.2, 0.25) is 0 Å². The Balaban J connectivity index is 3.43. The van der Waals surface area contributed by atoms with Gasteiger partial charge in [-0.2, -0.15) is 0 Å². The number of nitrogens with zero attached hydrogens (tertiary/aromatic N) is 1. The van der Waals surface area contributed by atoms with Crippen molar-refractivity contribution in [2.45, 2.75) is 4.90 Å². The molecule has 90 valence electrons. The van der Waals surface area contributed by atoms with E-state index in [-0.39, 0.29) is 10.5 Å². The molecule has 0 heterocycles. The molecule has 0 amide bonds. The van der Waals surface area contributed by atoms with Crippen LogP contribution in [-0.2, 0) is 9.84 Å². The molecule has 0 bridgehead atoms. The number of hydrogen-bond donors (Lipinski definition) is 1. The van der Waals surface area contributed by atoms with Gasteiger partial charge >= 0.3 is 0 Å². The third kappa shape index (κ3) is 3.27. The highest BCUT2D eigenvalue weighted by molar-refractivity contribution is 7.90. The molecule has 17 heavy (non-hydrogen) atoms. The van der Waals surface area contributed by atoms with Crippen LogP contribution in [-0.4, -0.2) is 31.3 Å². The molecule has 0 atom stereocenters. The Labute approximate surface area is 98.0 Å².